The Labute approximate surface area is 127 Å². The van der Waals surface area contributed by atoms with Crippen LogP contribution in [-0.4, -0.2) is 20.4 Å². The molecule has 0 spiro atoms. The molecule has 0 atom stereocenters. The van der Waals surface area contributed by atoms with Gasteiger partial charge in [-0.15, -0.1) is 4.40 Å². The highest BCUT2D eigenvalue weighted by Gasteiger charge is 2.39. The minimum Gasteiger partial charge on any atom is -0.199 e. The molecule has 4 nitrogen and oxygen atoms in total. The molecule has 0 saturated carbocycles. The number of halogens is 6. The number of hydrogen-bond donors (Lipinski definition) is 0. The van der Waals surface area contributed by atoms with Crippen LogP contribution in [-0.2, 0) is 10.0 Å². The van der Waals surface area contributed by atoms with Crippen molar-refractivity contribution in [3.8, 4) is 0 Å². The van der Waals surface area contributed by atoms with Gasteiger partial charge in [-0.1, -0.05) is 18.2 Å². The molecular formula is C8H5Cl3F3N2O2PS. The molecule has 1 aromatic carbocycles. The zero-order chi connectivity index (χ0) is 15.6. The van der Waals surface area contributed by atoms with Crippen molar-refractivity contribution in [2.24, 2.45) is 9.14 Å². The third-order valence-corrected chi connectivity index (χ3v) is 4.09. The lowest BCUT2D eigenvalue weighted by Crippen LogP contribution is -2.22. The second kappa shape index (κ2) is 6.23. The van der Waals surface area contributed by atoms with E-state index in [0.717, 1.165) is 12.1 Å². The van der Waals surface area contributed by atoms with Crippen LogP contribution >= 0.6 is 38.8 Å². The first-order valence-electron chi connectivity index (χ1n) is 4.60. The van der Waals surface area contributed by atoms with Crippen LogP contribution in [0.5, 0.6) is 0 Å². The van der Waals surface area contributed by atoms with Crippen LogP contribution in [0.1, 0.15) is 0 Å². The minimum atomic E-state index is -5.16. The van der Waals surface area contributed by atoms with Gasteiger partial charge in [-0.3, -0.25) is 0 Å². The highest BCUT2D eigenvalue weighted by Crippen LogP contribution is 2.65. The molecule has 0 aliphatic carbocycles. The summed E-state index contributed by atoms with van der Waals surface area (Å²) in [5.41, 5.74) is 0. The van der Waals surface area contributed by atoms with Crippen molar-refractivity contribution < 1.29 is 21.6 Å². The van der Waals surface area contributed by atoms with E-state index in [9.17, 15) is 21.6 Å². The molecule has 0 aromatic heterocycles. The first-order valence-corrected chi connectivity index (χ1v) is 10.5. The summed E-state index contributed by atoms with van der Waals surface area (Å²) in [4.78, 5) is -0.431. The van der Waals surface area contributed by atoms with Gasteiger partial charge in [0.1, 0.15) is 0 Å². The Morgan fingerprint density at radius 2 is 1.60 bits per heavy atom. The molecular weight excluding hydrogens is 382 g/mol. The van der Waals surface area contributed by atoms with E-state index >= 15 is 0 Å². The lowest BCUT2D eigenvalue weighted by Gasteiger charge is -2.08. The molecule has 0 amide bonds. The van der Waals surface area contributed by atoms with Crippen molar-refractivity contribution in [3.63, 3.8) is 0 Å². The fourth-order valence-electron chi connectivity index (χ4n) is 0.993. The van der Waals surface area contributed by atoms with Crippen LogP contribution in [0.25, 0.3) is 0 Å². The SMILES string of the molecule is O=S(=O)(/N=C(\N=P(Cl)(Cl)Cl)C(F)(F)F)c1ccccc1. The summed E-state index contributed by atoms with van der Waals surface area (Å²) in [6, 6.07) is 6.31. The monoisotopic (exact) mass is 386 g/mol. The molecule has 1 aromatic rings. The molecule has 12 heteroatoms. The quantitative estimate of drug-likeness (QED) is 0.407. The molecule has 0 heterocycles. The van der Waals surface area contributed by atoms with Gasteiger partial charge in [0.25, 0.3) is 10.0 Å². The summed E-state index contributed by atoms with van der Waals surface area (Å²) >= 11 is 15.6. The van der Waals surface area contributed by atoms with Crippen molar-refractivity contribution in [2.75, 3.05) is 0 Å². The van der Waals surface area contributed by atoms with Gasteiger partial charge in [-0.25, -0.2) is 0 Å². The smallest absolute Gasteiger partial charge is 0.199 e. The van der Waals surface area contributed by atoms with Crippen molar-refractivity contribution in [1.82, 2.24) is 0 Å². The minimum absolute atomic E-state index is 0.431. The Morgan fingerprint density at radius 3 is 2.00 bits per heavy atom. The summed E-state index contributed by atoms with van der Waals surface area (Å²) in [5.74, 6) is -2.00. The predicted octanol–water partition coefficient (Wildman–Crippen LogP) is 5.00. The summed E-state index contributed by atoms with van der Waals surface area (Å²) in [6.07, 6.45) is -5.16. The molecule has 20 heavy (non-hydrogen) atoms. The second-order valence-corrected chi connectivity index (χ2v) is 11.8. The fraction of sp³-hybridized carbons (Fsp3) is 0.125. The molecule has 0 fully saturated rings. The predicted molar refractivity (Wildman–Crippen MR) is 74.0 cm³/mol. The van der Waals surface area contributed by atoms with Gasteiger partial charge >= 0.3 is 6.18 Å². The molecule has 0 saturated heterocycles. The van der Waals surface area contributed by atoms with E-state index in [0.29, 0.717) is 0 Å². The van der Waals surface area contributed by atoms with Gasteiger partial charge in [0.2, 0.25) is 10.9 Å². The molecule has 0 aliphatic rings. The lowest BCUT2D eigenvalue weighted by molar-refractivity contribution is -0.0594. The van der Waals surface area contributed by atoms with E-state index in [4.69, 9.17) is 33.7 Å². The molecule has 0 aliphatic heterocycles. The van der Waals surface area contributed by atoms with Gasteiger partial charge in [-0.2, -0.15) is 26.3 Å². The van der Waals surface area contributed by atoms with Crippen molar-refractivity contribution in [2.45, 2.75) is 11.1 Å². The number of hydrogen-bond acceptors (Lipinski definition) is 2. The van der Waals surface area contributed by atoms with E-state index in [1.165, 1.54) is 18.2 Å². The zero-order valence-electron chi connectivity index (χ0n) is 9.22. The number of sulfonamides is 1. The number of benzene rings is 1. The van der Waals surface area contributed by atoms with Gasteiger partial charge < -0.3 is 0 Å². The van der Waals surface area contributed by atoms with E-state index in [1.54, 1.807) is 0 Å². The largest absolute Gasteiger partial charge is 0.452 e. The van der Waals surface area contributed by atoms with Crippen molar-refractivity contribution in [1.29, 1.82) is 0 Å². The van der Waals surface area contributed by atoms with Crippen LogP contribution in [0.15, 0.2) is 44.4 Å². The van der Waals surface area contributed by atoms with Crippen LogP contribution in [0, 0.1) is 0 Å². The number of nitrogens with zero attached hydrogens (tertiary/aromatic N) is 2. The Kier molecular flexibility index (Phi) is 5.54. The van der Waals surface area contributed by atoms with Gasteiger partial charge in [0, 0.05) is 0 Å². The van der Waals surface area contributed by atoms with Crippen LogP contribution in [0.3, 0.4) is 0 Å². The topological polar surface area (TPSA) is 58.9 Å². The molecule has 0 unspecified atom stereocenters. The maximum Gasteiger partial charge on any atom is 0.452 e. The van der Waals surface area contributed by atoms with E-state index in [1.807, 2.05) is 0 Å². The second-order valence-electron chi connectivity index (χ2n) is 3.22. The third-order valence-electron chi connectivity index (χ3n) is 1.71. The summed E-state index contributed by atoms with van der Waals surface area (Å²) in [6.45, 7) is 0. The van der Waals surface area contributed by atoms with Gasteiger partial charge in [0.05, 0.1) is 4.90 Å². The van der Waals surface area contributed by atoms with Gasteiger partial charge in [0.15, 0.2) is 0 Å². The third kappa shape index (κ3) is 5.61. The van der Waals surface area contributed by atoms with E-state index in [2.05, 4.69) is 9.14 Å². The summed E-state index contributed by atoms with van der Waals surface area (Å²) < 4.78 is 66.7. The number of amidine groups is 1. The van der Waals surface area contributed by atoms with Crippen molar-refractivity contribution >= 4 is 54.7 Å². The summed E-state index contributed by atoms with van der Waals surface area (Å²) in [5, 5.41) is -3.82. The van der Waals surface area contributed by atoms with Crippen LogP contribution in [0.2, 0.25) is 0 Å². The molecule has 0 radical (unpaired) electrons. The van der Waals surface area contributed by atoms with Crippen molar-refractivity contribution in [3.05, 3.63) is 30.3 Å². The average molecular weight is 388 g/mol. The Hall–Kier alpha value is -0.270. The highest BCUT2D eigenvalue weighted by molar-refractivity contribution is 8.26. The Bertz CT molecular complexity index is 662. The highest BCUT2D eigenvalue weighted by atomic mass is 36.0. The first-order chi connectivity index (χ1) is 8.92. The maximum atomic E-state index is 12.6. The number of alkyl halides is 3. The summed E-state index contributed by atoms with van der Waals surface area (Å²) in [7, 11) is -4.60. The van der Waals surface area contributed by atoms with E-state index in [-0.39, 0.29) is 0 Å². The maximum absolute atomic E-state index is 12.6. The Morgan fingerprint density at radius 1 is 1.10 bits per heavy atom. The van der Waals surface area contributed by atoms with E-state index < -0.39 is 32.0 Å². The molecule has 0 N–H and O–H groups in total. The lowest BCUT2D eigenvalue weighted by atomic mass is 10.4. The fourth-order valence-corrected chi connectivity index (χ4v) is 3.05. The molecule has 0 bridgehead atoms. The first kappa shape index (κ1) is 17.8. The number of rotatable bonds is 2. The Balaban J connectivity index is 3.43. The van der Waals surface area contributed by atoms with Gasteiger partial charge in [-0.05, 0) is 45.9 Å². The van der Waals surface area contributed by atoms with Crippen LogP contribution < -0.4 is 0 Å². The molecule has 112 valence electrons. The normalized spacial score (nSPS) is 14.2. The van der Waals surface area contributed by atoms with Crippen LogP contribution in [0.4, 0.5) is 13.2 Å². The standard InChI is InChI=1S/C8H5Cl3F3N2O2PS/c9-19(10,11)15-7(8(12,13)14)16-20(17,18)6-4-2-1-3-5-6/h1-5H/b16-7-. The zero-order valence-corrected chi connectivity index (χ0v) is 13.2. The molecule has 1 rings (SSSR count). The average Bonchev–Trinajstić information content (AvgIpc) is 2.26.